The summed E-state index contributed by atoms with van der Waals surface area (Å²) >= 11 is 1.65. The fourth-order valence-electron chi connectivity index (χ4n) is 2.00. The quantitative estimate of drug-likeness (QED) is 0.632. The molecule has 0 aliphatic carbocycles. The Labute approximate surface area is 127 Å². The minimum Gasteiger partial charge on any atom is -0.470 e. The fraction of sp³-hybridized carbons (Fsp3) is 0.333. The molecule has 1 heterocycles. The number of nitrogens with zero attached hydrogens (tertiary/aromatic N) is 1. The molecule has 0 spiro atoms. The Morgan fingerprint density at radius 1 is 1.29 bits per heavy atom. The van der Waals surface area contributed by atoms with Crippen molar-refractivity contribution in [2.45, 2.75) is 18.7 Å². The van der Waals surface area contributed by atoms with E-state index in [1.807, 2.05) is 30.5 Å². The molecule has 0 atom stereocenters. The minimum atomic E-state index is -0.394. The highest BCUT2D eigenvalue weighted by atomic mass is 32.2. The molecule has 0 unspecified atom stereocenters. The molecule has 1 aromatic rings. The van der Waals surface area contributed by atoms with Crippen LogP contribution in [0.5, 0.6) is 0 Å². The Morgan fingerprint density at radius 3 is 2.48 bits per heavy atom. The Balaban J connectivity index is 2.33. The van der Waals surface area contributed by atoms with Crippen LogP contribution in [0.2, 0.25) is 0 Å². The van der Waals surface area contributed by atoms with E-state index in [4.69, 9.17) is 9.47 Å². The van der Waals surface area contributed by atoms with Gasteiger partial charge in [0.2, 0.25) is 5.91 Å². The van der Waals surface area contributed by atoms with E-state index in [0.29, 0.717) is 11.5 Å². The zero-order chi connectivity index (χ0) is 15.4. The maximum Gasteiger partial charge on any atom is 0.303 e. The van der Waals surface area contributed by atoms with Gasteiger partial charge in [0.25, 0.3) is 0 Å². The number of carbonyl (C=O) groups excluding carboxylic acids is 2. The molecule has 0 aromatic heterocycles. The van der Waals surface area contributed by atoms with Crippen LogP contribution in [0, 0.1) is 0 Å². The van der Waals surface area contributed by atoms with E-state index in [1.165, 1.54) is 18.7 Å². The predicted molar refractivity (Wildman–Crippen MR) is 80.2 cm³/mol. The van der Waals surface area contributed by atoms with Crippen molar-refractivity contribution >= 4 is 29.4 Å². The number of benzene rings is 1. The summed E-state index contributed by atoms with van der Waals surface area (Å²) in [6.45, 7) is 2.96. The largest absolute Gasteiger partial charge is 0.470 e. The number of amides is 1. The van der Waals surface area contributed by atoms with E-state index < -0.39 is 5.97 Å². The first kappa shape index (κ1) is 15.4. The average Bonchev–Trinajstić information content (AvgIpc) is 2.89. The molecule has 0 fully saturated rings. The number of thioether (sulfide) groups is 1. The first-order valence-corrected chi connectivity index (χ1v) is 7.67. The van der Waals surface area contributed by atoms with E-state index in [9.17, 15) is 9.59 Å². The van der Waals surface area contributed by atoms with Crippen molar-refractivity contribution in [3.05, 3.63) is 35.5 Å². The monoisotopic (exact) mass is 307 g/mol. The van der Waals surface area contributed by atoms with Crippen LogP contribution in [-0.2, 0) is 19.1 Å². The Bertz CT molecular complexity index is 580. The van der Waals surface area contributed by atoms with Crippen LogP contribution < -0.4 is 0 Å². The third-order valence-electron chi connectivity index (χ3n) is 3.07. The first-order valence-electron chi connectivity index (χ1n) is 6.44. The second-order valence-corrected chi connectivity index (χ2v) is 5.38. The van der Waals surface area contributed by atoms with Gasteiger partial charge in [0, 0.05) is 24.3 Å². The molecule has 1 aliphatic heterocycles. The van der Waals surface area contributed by atoms with Crippen molar-refractivity contribution in [2.75, 3.05) is 19.6 Å². The van der Waals surface area contributed by atoms with Gasteiger partial charge >= 0.3 is 5.97 Å². The lowest BCUT2D eigenvalue weighted by Gasteiger charge is -2.15. The van der Waals surface area contributed by atoms with Crippen molar-refractivity contribution in [3.8, 4) is 0 Å². The maximum atomic E-state index is 11.6. The summed E-state index contributed by atoms with van der Waals surface area (Å²) in [7, 11) is 0. The van der Waals surface area contributed by atoms with Crippen molar-refractivity contribution in [2.24, 2.45) is 0 Å². The molecule has 0 radical (unpaired) electrons. The normalized spacial score (nSPS) is 14.1. The second-order valence-electron chi connectivity index (χ2n) is 4.51. The molecular formula is C15H17NO4S. The van der Waals surface area contributed by atoms with Crippen LogP contribution in [0.25, 0.3) is 5.76 Å². The van der Waals surface area contributed by atoms with E-state index >= 15 is 0 Å². The van der Waals surface area contributed by atoms with Crippen molar-refractivity contribution in [1.82, 2.24) is 4.90 Å². The molecular weight excluding hydrogens is 290 g/mol. The van der Waals surface area contributed by atoms with E-state index in [0.717, 1.165) is 10.5 Å². The van der Waals surface area contributed by atoms with Gasteiger partial charge in [-0.1, -0.05) is 12.1 Å². The maximum absolute atomic E-state index is 11.6. The van der Waals surface area contributed by atoms with E-state index in [1.54, 1.807) is 11.8 Å². The molecule has 0 N–H and O–H groups in total. The van der Waals surface area contributed by atoms with E-state index in [-0.39, 0.29) is 19.2 Å². The van der Waals surface area contributed by atoms with Crippen LogP contribution in [0.15, 0.2) is 34.9 Å². The second kappa shape index (κ2) is 6.67. The summed E-state index contributed by atoms with van der Waals surface area (Å²) < 4.78 is 10.6. The Kier molecular flexibility index (Phi) is 4.90. The molecule has 0 saturated carbocycles. The molecule has 1 aliphatic rings. The molecule has 0 bridgehead atoms. The number of rotatable bonds is 4. The van der Waals surface area contributed by atoms with Crippen LogP contribution in [-0.4, -0.2) is 36.4 Å². The lowest BCUT2D eigenvalue weighted by molar-refractivity contribution is -0.141. The zero-order valence-corrected chi connectivity index (χ0v) is 13.0. The Morgan fingerprint density at radius 2 is 1.95 bits per heavy atom. The van der Waals surface area contributed by atoms with Gasteiger partial charge in [0.15, 0.2) is 12.5 Å². The van der Waals surface area contributed by atoms with Crippen molar-refractivity contribution < 1.29 is 19.1 Å². The van der Waals surface area contributed by atoms with Gasteiger partial charge in [-0.25, -0.2) is 0 Å². The van der Waals surface area contributed by atoms with Gasteiger partial charge in [-0.3, -0.25) is 14.5 Å². The molecule has 0 saturated heterocycles. The smallest absolute Gasteiger partial charge is 0.303 e. The third kappa shape index (κ3) is 3.58. The highest BCUT2D eigenvalue weighted by molar-refractivity contribution is 7.98. The highest BCUT2D eigenvalue weighted by Crippen LogP contribution is 2.30. The highest BCUT2D eigenvalue weighted by Gasteiger charge is 2.28. The number of carbonyl (C=O) groups is 2. The fourth-order valence-corrected chi connectivity index (χ4v) is 2.41. The SMILES string of the molecule is CSc1ccc(C2=C(COC(C)=O)N(C(C)=O)CO2)cc1. The van der Waals surface area contributed by atoms with Crippen LogP contribution in [0.3, 0.4) is 0 Å². The summed E-state index contributed by atoms with van der Waals surface area (Å²) in [4.78, 5) is 25.3. The molecule has 5 nitrogen and oxygen atoms in total. The molecule has 1 amide bonds. The average molecular weight is 307 g/mol. The molecule has 21 heavy (non-hydrogen) atoms. The lowest BCUT2D eigenvalue weighted by atomic mass is 10.1. The van der Waals surface area contributed by atoms with Gasteiger partial charge < -0.3 is 9.47 Å². The van der Waals surface area contributed by atoms with Crippen molar-refractivity contribution in [3.63, 3.8) is 0 Å². The number of hydrogen-bond acceptors (Lipinski definition) is 5. The van der Waals surface area contributed by atoms with Gasteiger partial charge in [-0.05, 0) is 18.4 Å². The van der Waals surface area contributed by atoms with Crippen LogP contribution in [0.4, 0.5) is 0 Å². The first-order chi connectivity index (χ1) is 10.0. The number of hydrogen-bond donors (Lipinski definition) is 0. The summed E-state index contributed by atoms with van der Waals surface area (Å²) in [5, 5.41) is 0. The van der Waals surface area contributed by atoms with Gasteiger partial charge in [-0.15, -0.1) is 11.8 Å². The van der Waals surface area contributed by atoms with E-state index in [2.05, 4.69) is 0 Å². The van der Waals surface area contributed by atoms with Crippen molar-refractivity contribution in [1.29, 1.82) is 0 Å². The molecule has 1 aromatic carbocycles. The van der Waals surface area contributed by atoms with Crippen LogP contribution >= 0.6 is 11.8 Å². The summed E-state index contributed by atoms with van der Waals surface area (Å²) in [5.41, 5.74) is 1.44. The third-order valence-corrected chi connectivity index (χ3v) is 3.81. The molecule has 112 valence electrons. The Hall–Kier alpha value is -1.95. The summed E-state index contributed by atoms with van der Waals surface area (Å²) in [6.07, 6.45) is 2.00. The summed E-state index contributed by atoms with van der Waals surface area (Å²) in [5.74, 6) is 0.0435. The topological polar surface area (TPSA) is 55.8 Å². The standard InChI is InChI=1S/C15H17NO4S/c1-10(17)16-9-20-15(14(16)8-19-11(2)18)12-4-6-13(21-3)7-5-12/h4-7H,8-9H2,1-3H3. The number of esters is 1. The number of ether oxygens (including phenoxy) is 2. The predicted octanol–water partition coefficient (Wildman–Crippen LogP) is 2.48. The van der Waals surface area contributed by atoms with Gasteiger partial charge in [-0.2, -0.15) is 0 Å². The van der Waals surface area contributed by atoms with Gasteiger partial charge in [0.1, 0.15) is 12.3 Å². The minimum absolute atomic E-state index is 0.0223. The zero-order valence-electron chi connectivity index (χ0n) is 12.2. The lowest BCUT2D eigenvalue weighted by Crippen LogP contribution is -2.28. The molecule has 2 rings (SSSR count). The summed E-state index contributed by atoms with van der Waals surface area (Å²) in [6, 6.07) is 7.82. The van der Waals surface area contributed by atoms with Crippen LogP contribution in [0.1, 0.15) is 19.4 Å². The molecule has 6 heteroatoms. The van der Waals surface area contributed by atoms with Gasteiger partial charge in [0.05, 0.1) is 0 Å².